The van der Waals surface area contributed by atoms with Gasteiger partial charge in [0.2, 0.25) is 5.91 Å². The molecule has 1 atom stereocenters. The van der Waals surface area contributed by atoms with Crippen LogP contribution in [0.2, 0.25) is 0 Å². The number of carbonyl (C=O) groups is 2. The van der Waals surface area contributed by atoms with Crippen LogP contribution in [0.5, 0.6) is 0 Å². The van der Waals surface area contributed by atoms with E-state index in [0.717, 1.165) is 5.56 Å². The van der Waals surface area contributed by atoms with Crippen LogP contribution in [-0.2, 0) is 9.53 Å². The van der Waals surface area contributed by atoms with Crippen molar-refractivity contribution in [2.75, 3.05) is 19.0 Å². The molecule has 0 heterocycles. The highest BCUT2D eigenvalue weighted by Gasteiger charge is 2.12. The summed E-state index contributed by atoms with van der Waals surface area (Å²) in [6.07, 6.45) is -0.196. The Labute approximate surface area is 135 Å². The van der Waals surface area contributed by atoms with Crippen molar-refractivity contribution in [1.82, 2.24) is 5.32 Å². The summed E-state index contributed by atoms with van der Waals surface area (Å²) in [6, 6.07) is 16.5. The molecule has 120 valence electrons. The second-order valence-electron chi connectivity index (χ2n) is 5.10. The summed E-state index contributed by atoms with van der Waals surface area (Å²) in [7, 11) is 1.62. The molecule has 2 aromatic rings. The third-order valence-electron chi connectivity index (χ3n) is 3.37. The quantitative estimate of drug-likeness (QED) is 0.862. The number of anilines is 1. The average Bonchev–Trinajstić information content (AvgIpc) is 2.56. The molecular weight excluding hydrogens is 292 g/mol. The molecule has 2 N–H and O–H groups in total. The van der Waals surface area contributed by atoms with E-state index < -0.39 is 0 Å². The summed E-state index contributed by atoms with van der Waals surface area (Å²) in [5, 5.41) is 5.52. The van der Waals surface area contributed by atoms with Crippen LogP contribution >= 0.6 is 0 Å². The molecule has 0 aliphatic heterocycles. The molecule has 5 nitrogen and oxygen atoms in total. The van der Waals surface area contributed by atoms with Gasteiger partial charge in [-0.25, -0.2) is 0 Å². The second-order valence-corrected chi connectivity index (χ2v) is 5.10. The van der Waals surface area contributed by atoms with Crippen LogP contribution in [0.1, 0.15) is 28.9 Å². The SMILES string of the molecule is COC(CNC(=O)c1ccc(NC(C)=O)cc1)c1ccccc1. The van der Waals surface area contributed by atoms with Crippen LogP contribution in [0.15, 0.2) is 54.6 Å². The van der Waals surface area contributed by atoms with Gasteiger partial charge in [-0.15, -0.1) is 0 Å². The van der Waals surface area contributed by atoms with E-state index in [9.17, 15) is 9.59 Å². The Morgan fingerprint density at radius 3 is 2.26 bits per heavy atom. The highest BCUT2D eigenvalue weighted by Crippen LogP contribution is 2.15. The first-order chi connectivity index (χ1) is 11.1. The van der Waals surface area contributed by atoms with Crippen LogP contribution in [0, 0.1) is 0 Å². The molecular formula is C18H20N2O3. The van der Waals surface area contributed by atoms with Crippen molar-refractivity contribution in [1.29, 1.82) is 0 Å². The predicted octanol–water partition coefficient (Wildman–Crippen LogP) is 2.76. The number of amides is 2. The van der Waals surface area contributed by atoms with Gasteiger partial charge in [-0.1, -0.05) is 30.3 Å². The first kappa shape index (κ1) is 16.7. The summed E-state index contributed by atoms with van der Waals surface area (Å²) in [5.74, 6) is -0.328. The summed E-state index contributed by atoms with van der Waals surface area (Å²) in [5.41, 5.74) is 2.20. The molecule has 0 aliphatic carbocycles. The summed E-state index contributed by atoms with van der Waals surface area (Å²) < 4.78 is 5.42. The number of nitrogens with one attached hydrogen (secondary N) is 2. The average molecular weight is 312 g/mol. The molecule has 5 heteroatoms. The highest BCUT2D eigenvalue weighted by molar-refractivity contribution is 5.95. The number of benzene rings is 2. The largest absolute Gasteiger partial charge is 0.375 e. The topological polar surface area (TPSA) is 67.4 Å². The fourth-order valence-corrected chi connectivity index (χ4v) is 2.20. The fraction of sp³-hybridized carbons (Fsp3) is 0.222. The Hall–Kier alpha value is -2.66. The van der Waals surface area contributed by atoms with Crippen LogP contribution in [0.25, 0.3) is 0 Å². The van der Waals surface area contributed by atoms with Crippen molar-refractivity contribution in [3.8, 4) is 0 Å². The zero-order valence-corrected chi connectivity index (χ0v) is 13.2. The summed E-state index contributed by atoms with van der Waals surface area (Å²) in [6.45, 7) is 1.82. The van der Waals surface area contributed by atoms with Gasteiger partial charge in [0.15, 0.2) is 0 Å². The van der Waals surface area contributed by atoms with E-state index in [4.69, 9.17) is 4.74 Å². The maximum Gasteiger partial charge on any atom is 0.251 e. The minimum atomic E-state index is -0.196. The Balaban J connectivity index is 1.94. The van der Waals surface area contributed by atoms with Crippen molar-refractivity contribution in [2.24, 2.45) is 0 Å². The Kier molecular flexibility index (Phi) is 5.88. The van der Waals surface area contributed by atoms with Gasteiger partial charge in [-0.05, 0) is 29.8 Å². The first-order valence-corrected chi connectivity index (χ1v) is 7.33. The summed E-state index contributed by atoms with van der Waals surface area (Å²) >= 11 is 0. The number of methoxy groups -OCH3 is 1. The van der Waals surface area contributed by atoms with E-state index >= 15 is 0 Å². The highest BCUT2D eigenvalue weighted by atomic mass is 16.5. The monoisotopic (exact) mass is 312 g/mol. The molecule has 0 spiro atoms. The number of ether oxygens (including phenoxy) is 1. The lowest BCUT2D eigenvalue weighted by atomic mass is 10.1. The first-order valence-electron chi connectivity index (χ1n) is 7.33. The molecule has 0 saturated carbocycles. The normalized spacial score (nSPS) is 11.6. The molecule has 0 radical (unpaired) electrons. The molecule has 2 aromatic carbocycles. The van der Waals surface area contributed by atoms with Gasteiger partial charge in [-0.2, -0.15) is 0 Å². The molecule has 2 amide bonds. The molecule has 0 fully saturated rings. The maximum atomic E-state index is 12.2. The van der Waals surface area contributed by atoms with Gasteiger partial charge in [0.1, 0.15) is 0 Å². The Bertz CT molecular complexity index is 654. The van der Waals surface area contributed by atoms with Crippen molar-refractivity contribution in [3.63, 3.8) is 0 Å². The summed E-state index contributed by atoms with van der Waals surface area (Å²) in [4.78, 5) is 23.1. The van der Waals surface area contributed by atoms with Gasteiger partial charge < -0.3 is 15.4 Å². The van der Waals surface area contributed by atoms with Gasteiger partial charge >= 0.3 is 0 Å². The molecule has 2 rings (SSSR count). The van der Waals surface area contributed by atoms with Gasteiger partial charge in [0, 0.05) is 31.8 Å². The number of carbonyl (C=O) groups excluding carboxylic acids is 2. The van der Waals surface area contributed by atoms with Crippen LogP contribution in [0.4, 0.5) is 5.69 Å². The minimum absolute atomic E-state index is 0.145. The van der Waals surface area contributed by atoms with Crippen molar-refractivity contribution in [2.45, 2.75) is 13.0 Å². The zero-order chi connectivity index (χ0) is 16.7. The van der Waals surface area contributed by atoms with Crippen LogP contribution in [-0.4, -0.2) is 25.5 Å². The van der Waals surface area contributed by atoms with E-state index in [2.05, 4.69) is 10.6 Å². The third-order valence-corrected chi connectivity index (χ3v) is 3.37. The molecule has 0 aliphatic rings. The van der Waals surface area contributed by atoms with Crippen LogP contribution in [0.3, 0.4) is 0 Å². The number of hydrogen-bond donors (Lipinski definition) is 2. The maximum absolute atomic E-state index is 12.2. The van der Waals surface area contributed by atoms with Gasteiger partial charge in [0.05, 0.1) is 6.10 Å². The molecule has 1 unspecified atom stereocenters. The lowest BCUT2D eigenvalue weighted by Crippen LogP contribution is -2.29. The molecule has 0 aromatic heterocycles. The third kappa shape index (κ3) is 4.93. The molecule has 0 saturated heterocycles. The Morgan fingerprint density at radius 2 is 1.70 bits per heavy atom. The fourth-order valence-electron chi connectivity index (χ4n) is 2.20. The molecule has 23 heavy (non-hydrogen) atoms. The van der Waals surface area contributed by atoms with E-state index in [1.165, 1.54) is 6.92 Å². The van der Waals surface area contributed by atoms with Crippen LogP contribution < -0.4 is 10.6 Å². The number of hydrogen-bond acceptors (Lipinski definition) is 3. The lowest BCUT2D eigenvalue weighted by molar-refractivity contribution is -0.114. The van der Waals surface area contributed by atoms with E-state index in [1.807, 2.05) is 30.3 Å². The number of rotatable bonds is 6. The second kappa shape index (κ2) is 8.10. The Morgan fingerprint density at radius 1 is 1.04 bits per heavy atom. The van der Waals surface area contributed by atoms with Crippen molar-refractivity contribution >= 4 is 17.5 Å². The lowest BCUT2D eigenvalue weighted by Gasteiger charge is -2.16. The van der Waals surface area contributed by atoms with Crippen molar-refractivity contribution in [3.05, 3.63) is 65.7 Å². The van der Waals surface area contributed by atoms with Gasteiger partial charge in [-0.3, -0.25) is 9.59 Å². The van der Waals surface area contributed by atoms with E-state index in [-0.39, 0.29) is 17.9 Å². The minimum Gasteiger partial charge on any atom is -0.375 e. The van der Waals surface area contributed by atoms with Gasteiger partial charge in [0.25, 0.3) is 5.91 Å². The van der Waals surface area contributed by atoms with Crippen molar-refractivity contribution < 1.29 is 14.3 Å². The zero-order valence-electron chi connectivity index (χ0n) is 13.2. The van der Waals surface area contributed by atoms with E-state index in [0.29, 0.717) is 17.8 Å². The standard InChI is InChI=1S/C18H20N2O3/c1-13(21)20-16-10-8-15(9-11-16)18(22)19-12-17(23-2)14-6-4-3-5-7-14/h3-11,17H,12H2,1-2H3,(H,19,22)(H,20,21). The predicted molar refractivity (Wildman–Crippen MR) is 89.3 cm³/mol. The smallest absolute Gasteiger partial charge is 0.251 e. The molecule has 0 bridgehead atoms. The van der Waals surface area contributed by atoms with E-state index in [1.54, 1.807) is 31.4 Å².